The number of H-pyrrole nitrogens is 1. The minimum Gasteiger partial charge on any atom is -0.457 e. The summed E-state index contributed by atoms with van der Waals surface area (Å²) in [5, 5.41) is 3.14. The number of hydrogen-bond donors (Lipinski definition) is 4. The molecule has 1 heterocycles. The van der Waals surface area contributed by atoms with Crippen LogP contribution in [0.5, 0.6) is 11.5 Å². The van der Waals surface area contributed by atoms with Crippen LogP contribution in [0.15, 0.2) is 48.5 Å². The van der Waals surface area contributed by atoms with Crippen molar-refractivity contribution in [3.05, 3.63) is 54.4 Å². The lowest BCUT2D eigenvalue weighted by molar-refractivity contribution is -0.127. The lowest BCUT2D eigenvalue weighted by Gasteiger charge is -2.25. The van der Waals surface area contributed by atoms with E-state index in [9.17, 15) is 19.1 Å². The third-order valence-electron chi connectivity index (χ3n) is 5.84. The van der Waals surface area contributed by atoms with E-state index in [0.29, 0.717) is 30.8 Å². The zero-order valence-corrected chi connectivity index (χ0v) is 21.7. The highest BCUT2D eigenvalue weighted by atomic mass is 31.2. The van der Waals surface area contributed by atoms with Gasteiger partial charge in [-0.3, -0.25) is 9.36 Å². The Hall–Kier alpha value is -2.67. The molecule has 0 radical (unpaired) electrons. The monoisotopic (exact) mass is 501 g/mol. The number of imidazole rings is 1. The fourth-order valence-corrected chi connectivity index (χ4v) is 4.73. The van der Waals surface area contributed by atoms with Crippen molar-refractivity contribution in [2.24, 2.45) is 17.8 Å². The van der Waals surface area contributed by atoms with Crippen LogP contribution in [0.1, 0.15) is 58.8 Å². The van der Waals surface area contributed by atoms with Crippen LogP contribution in [0, 0.1) is 17.8 Å². The molecule has 1 amide bonds. The predicted molar refractivity (Wildman–Crippen MR) is 137 cm³/mol. The second-order valence-corrected chi connectivity index (χ2v) is 11.6. The SMILES string of the molecule is CC(C)CC(CCCP(=O)(O)O)C(=O)N[C@H](c1nc2ccc(Oc3ccccc3)cc2[nH]1)C(C)C. The molecule has 0 fully saturated rings. The molecule has 0 aliphatic carbocycles. The third-order valence-corrected chi connectivity index (χ3v) is 6.74. The molecule has 35 heavy (non-hydrogen) atoms. The van der Waals surface area contributed by atoms with Crippen molar-refractivity contribution in [1.82, 2.24) is 15.3 Å². The largest absolute Gasteiger partial charge is 0.457 e. The highest BCUT2D eigenvalue weighted by Gasteiger charge is 2.27. The summed E-state index contributed by atoms with van der Waals surface area (Å²) in [6.45, 7) is 8.12. The molecular formula is C26H36N3O5P. The number of carbonyl (C=O) groups excluding carboxylic acids is 1. The predicted octanol–water partition coefficient (Wildman–Crippen LogP) is 5.79. The number of rotatable bonds is 12. The molecule has 4 N–H and O–H groups in total. The minimum absolute atomic E-state index is 0.0781. The quantitative estimate of drug-likeness (QED) is 0.233. The Morgan fingerprint density at radius 3 is 2.43 bits per heavy atom. The number of fused-ring (bicyclic) bond motifs is 1. The van der Waals surface area contributed by atoms with E-state index in [-0.39, 0.29) is 35.9 Å². The Bertz CT molecular complexity index is 1160. The van der Waals surface area contributed by atoms with Crippen molar-refractivity contribution in [2.45, 2.75) is 53.0 Å². The Morgan fingerprint density at radius 1 is 1.09 bits per heavy atom. The summed E-state index contributed by atoms with van der Waals surface area (Å²) >= 11 is 0. The van der Waals surface area contributed by atoms with E-state index in [1.807, 2.05) is 76.2 Å². The maximum Gasteiger partial charge on any atom is 0.325 e. The lowest BCUT2D eigenvalue weighted by Crippen LogP contribution is -2.37. The highest BCUT2D eigenvalue weighted by molar-refractivity contribution is 7.51. The number of ether oxygens (including phenoxy) is 1. The van der Waals surface area contributed by atoms with Crippen LogP contribution in [-0.2, 0) is 9.36 Å². The smallest absolute Gasteiger partial charge is 0.325 e. The topological polar surface area (TPSA) is 125 Å². The van der Waals surface area contributed by atoms with E-state index in [1.54, 1.807) is 0 Å². The maximum absolute atomic E-state index is 13.2. The van der Waals surface area contributed by atoms with Gasteiger partial charge in [-0.1, -0.05) is 45.9 Å². The standard InChI is InChI=1S/C26H36N3O5P/c1-17(2)15-19(9-8-14-35(31,32)33)26(30)29-24(18(3)4)25-27-22-13-12-21(16-23(22)28-25)34-20-10-6-5-7-11-20/h5-7,10-13,16-19,24H,8-9,14-15H2,1-4H3,(H,27,28)(H,29,30)(H2,31,32,33)/t19?,24-/m0/s1. The third kappa shape index (κ3) is 8.20. The number of aromatic nitrogens is 2. The number of benzene rings is 2. The molecule has 0 aliphatic rings. The Kier molecular flexibility index (Phi) is 9.11. The van der Waals surface area contributed by atoms with Crippen LogP contribution in [0.2, 0.25) is 0 Å². The molecular weight excluding hydrogens is 465 g/mol. The molecule has 9 heteroatoms. The van der Waals surface area contributed by atoms with Gasteiger partial charge in [-0.25, -0.2) is 4.98 Å². The number of para-hydroxylation sites is 1. The van der Waals surface area contributed by atoms with Crippen LogP contribution in [-0.4, -0.2) is 31.8 Å². The summed E-state index contributed by atoms with van der Waals surface area (Å²) in [6, 6.07) is 14.8. The molecule has 0 bridgehead atoms. The summed E-state index contributed by atoms with van der Waals surface area (Å²) < 4.78 is 17.2. The number of hydrogen-bond acceptors (Lipinski definition) is 4. The molecule has 3 rings (SSSR count). The van der Waals surface area contributed by atoms with Crippen molar-refractivity contribution in [2.75, 3.05) is 6.16 Å². The van der Waals surface area contributed by atoms with Gasteiger partial charge in [0.25, 0.3) is 0 Å². The first-order chi connectivity index (χ1) is 16.5. The first-order valence-electron chi connectivity index (χ1n) is 12.1. The molecule has 2 atom stereocenters. The molecule has 3 aromatic rings. The van der Waals surface area contributed by atoms with Crippen molar-refractivity contribution in [3.8, 4) is 11.5 Å². The normalized spacial score (nSPS) is 13.8. The first kappa shape index (κ1) is 26.9. The fraction of sp³-hybridized carbons (Fsp3) is 0.462. The van der Waals surface area contributed by atoms with Crippen molar-refractivity contribution in [3.63, 3.8) is 0 Å². The molecule has 0 saturated carbocycles. The minimum atomic E-state index is -4.08. The summed E-state index contributed by atoms with van der Waals surface area (Å²) in [4.78, 5) is 39.6. The van der Waals surface area contributed by atoms with Gasteiger partial charge in [-0.15, -0.1) is 0 Å². The van der Waals surface area contributed by atoms with Crippen LogP contribution in [0.3, 0.4) is 0 Å². The van der Waals surface area contributed by atoms with Crippen LogP contribution < -0.4 is 10.1 Å². The Balaban J connectivity index is 1.76. The van der Waals surface area contributed by atoms with E-state index in [4.69, 9.17) is 9.72 Å². The molecule has 190 valence electrons. The number of amides is 1. The second-order valence-electron chi connectivity index (χ2n) is 9.80. The van der Waals surface area contributed by atoms with Gasteiger partial charge in [0, 0.05) is 18.1 Å². The molecule has 8 nitrogen and oxygen atoms in total. The summed E-state index contributed by atoms with van der Waals surface area (Å²) in [5.41, 5.74) is 1.59. The van der Waals surface area contributed by atoms with Crippen LogP contribution in [0.25, 0.3) is 11.0 Å². The number of aromatic amines is 1. The van der Waals surface area contributed by atoms with Gasteiger partial charge in [0.1, 0.15) is 17.3 Å². The second kappa shape index (κ2) is 11.8. The average Bonchev–Trinajstić information content (AvgIpc) is 3.19. The van der Waals surface area contributed by atoms with Crippen LogP contribution >= 0.6 is 7.60 Å². The van der Waals surface area contributed by atoms with Crippen LogP contribution in [0.4, 0.5) is 0 Å². The van der Waals surface area contributed by atoms with Gasteiger partial charge in [-0.05, 0) is 55.4 Å². The van der Waals surface area contributed by atoms with Gasteiger partial charge in [0.05, 0.1) is 17.1 Å². The summed E-state index contributed by atoms with van der Waals surface area (Å²) in [6.07, 6.45) is 1.17. The Morgan fingerprint density at radius 2 is 1.80 bits per heavy atom. The van der Waals surface area contributed by atoms with Gasteiger partial charge in [0.2, 0.25) is 5.91 Å². The lowest BCUT2D eigenvalue weighted by atomic mass is 9.91. The van der Waals surface area contributed by atoms with Gasteiger partial charge >= 0.3 is 7.60 Å². The maximum atomic E-state index is 13.2. The summed E-state index contributed by atoms with van der Waals surface area (Å²) in [5.74, 6) is 2.02. The molecule has 1 unspecified atom stereocenters. The molecule has 0 aliphatic heterocycles. The van der Waals surface area contributed by atoms with E-state index >= 15 is 0 Å². The fourth-order valence-electron chi connectivity index (χ4n) is 4.13. The molecule has 0 spiro atoms. The number of nitrogens with one attached hydrogen (secondary N) is 2. The number of nitrogens with zero attached hydrogens (tertiary/aromatic N) is 1. The van der Waals surface area contributed by atoms with Gasteiger partial charge in [0.15, 0.2) is 0 Å². The zero-order chi connectivity index (χ0) is 25.6. The van der Waals surface area contributed by atoms with Crippen molar-refractivity contribution in [1.29, 1.82) is 0 Å². The van der Waals surface area contributed by atoms with Gasteiger partial charge < -0.3 is 24.8 Å². The first-order valence-corrected chi connectivity index (χ1v) is 13.9. The molecule has 1 aromatic heterocycles. The van der Waals surface area contributed by atoms with E-state index in [2.05, 4.69) is 10.3 Å². The van der Waals surface area contributed by atoms with Gasteiger partial charge in [-0.2, -0.15) is 0 Å². The number of carbonyl (C=O) groups is 1. The zero-order valence-electron chi connectivity index (χ0n) is 20.8. The van der Waals surface area contributed by atoms with E-state index < -0.39 is 7.60 Å². The Labute approximate surface area is 206 Å². The van der Waals surface area contributed by atoms with E-state index in [0.717, 1.165) is 16.8 Å². The molecule has 0 saturated heterocycles. The van der Waals surface area contributed by atoms with E-state index in [1.165, 1.54) is 0 Å². The summed E-state index contributed by atoms with van der Waals surface area (Å²) in [7, 11) is -4.08. The average molecular weight is 502 g/mol. The highest BCUT2D eigenvalue weighted by Crippen LogP contribution is 2.36. The molecule has 2 aromatic carbocycles. The van der Waals surface area contributed by atoms with Crippen molar-refractivity contribution >= 4 is 24.5 Å². The van der Waals surface area contributed by atoms with Crippen molar-refractivity contribution < 1.29 is 23.9 Å².